The molecule has 0 aromatic heterocycles. The van der Waals surface area contributed by atoms with Gasteiger partial charge in [0, 0.05) is 6.61 Å². The Morgan fingerprint density at radius 3 is 2.33 bits per heavy atom. The summed E-state index contributed by atoms with van der Waals surface area (Å²) in [6.45, 7) is 4.41. The molecule has 1 aromatic rings. The zero-order valence-corrected chi connectivity index (χ0v) is 7.75. The Bertz CT molecular complexity index is 225. The Labute approximate surface area is 74.1 Å². The normalized spacial score (nSPS) is 12.9. The molecule has 1 nitrogen and oxygen atoms in total. The number of hydrogen-bond donors (Lipinski definition) is 1. The zero-order valence-electron chi connectivity index (χ0n) is 7.75. The Kier molecular flexibility index (Phi) is 3.30. The number of rotatable bonds is 3. The minimum Gasteiger partial charge on any atom is -0.396 e. The molecule has 0 aliphatic heterocycles. The van der Waals surface area contributed by atoms with E-state index in [0.717, 1.165) is 6.42 Å². The van der Waals surface area contributed by atoms with E-state index in [9.17, 15) is 0 Å². The molecule has 0 spiro atoms. The maximum Gasteiger partial charge on any atom is 0.0459 e. The first-order chi connectivity index (χ1) is 5.72. The Morgan fingerprint density at radius 1 is 1.25 bits per heavy atom. The van der Waals surface area contributed by atoms with Crippen molar-refractivity contribution in [3.8, 4) is 0 Å². The van der Waals surface area contributed by atoms with Gasteiger partial charge in [0.25, 0.3) is 0 Å². The number of aliphatic hydroxyl groups excluding tert-OH is 1. The van der Waals surface area contributed by atoms with E-state index >= 15 is 0 Å². The molecule has 0 aliphatic rings. The highest BCUT2D eigenvalue weighted by atomic mass is 16.3. The second kappa shape index (κ2) is 4.27. The highest BCUT2D eigenvalue weighted by molar-refractivity contribution is 5.21. The van der Waals surface area contributed by atoms with Gasteiger partial charge in [0.1, 0.15) is 0 Å². The predicted molar refractivity (Wildman–Crippen MR) is 51.1 cm³/mol. The minimum absolute atomic E-state index is 0.272. The fourth-order valence-electron chi connectivity index (χ4n) is 1.19. The summed E-state index contributed by atoms with van der Waals surface area (Å²) in [6.07, 6.45) is 0.969. The van der Waals surface area contributed by atoms with Crippen LogP contribution in [0, 0.1) is 12.8 Å². The van der Waals surface area contributed by atoms with Crippen LogP contribution in [0.3, 0.4) is 0 Å². The second-order valence-electron chi connectivity index (χ2n) is 3.48. The number of benzene rings is 1. The van der Waals surface area contributed by atoms with Gasteiger partial charge < -0.3 is 5.11 Å². The van der Waals surface area contributed by atoms with E-state index in [1.54, 1.807) is 0 Å². The Morgan fingerprint density at radius 2 is 1.83 bits per heavy atom. The van der Waals surface area contributed by atoms with Crippen LogP contribution in [0.4, 0.5) is 0 Å². The van der Waals surface area contributed by atoms with Crippen molar-refractivity contribution in [2.24, 2.45) is 5.92 Å². The standard InChI is InChI=1S/C11H16O/c1-9-3-5-11(6-4-9)7-10(2)8-12/h3-6,10,12H,7-8H2,1-2H3/t10-/m0/s1. The van der Waals surface area contributed by atoms with Gasteiger partial charge in [-0.05, 0) is 24.8 Å². The molecule has 1 heteroatoms. The van der Waals surface area contributed by atoms with E-state index in [2.05, 4.69) is 38.1 Å². The van der Waals surface area contributed by atoms with E-state index in [1.165, 1.54) is 11.1 Å². The quantitative estimate of drug-likeness (QED) is 0.726. The molecule has 0 saturated heterocycles. The maximum absolute atomic E-state index is 8.85. The molecule has 1 rings (SSSR count). The summed E-state index contributed by atoms with van der Waals surface area (Å²) in [5.74, 6) is 0.368. The van der Waals surface area contributed by atoms with Crippen LogP contribution >= 0.6 is 0 Å². The lowest BCUT2D eigenvalue weighted by atomic mass is 10.0. The molecule has 1 atom stereocenters. The molecule has 0 fully saturated rings. The van der Waals surface area contributed by atoms with Crippen LogP contribution in [0.5, 0.6) is 0 Å². The van der Waals surface area contributed by atoms with Crippen LogP contribution < -0.4 is 0 Å². The minimum atomic E-state index is 0.272. The third-order valence-electron chi connectivity index (χ3n) is 2.02. The molecule has 0 heterocycles. The van der Waals surface area contributed by atoms with Crippen molar-refractivity contribution in [3.05, 3.63) is 35.4 Å². The Balaban J connectivity index is 2.58. The van der Waals surface area contributed by atoms with Crippen LogP contribution in [0.2, 0.25) is 0 Å². The number of hydrogen-bond acceptors (Lipinski definition) is 1. The van der Waals surface area contributed by atoms with Crippen molar-refractivity contribution in [1.29, 1.82) is 0 Å². The van der Waals surface area contributed by atoms with Gasteiger partial charge in [0.05, 0.1) is 0 Å². The first kappa shape index (κ1) is 9.27. The molecule has 1 aromatic carbocycles. The number of aliphatic hydroxyl groups is 1. The van der Waals surface area contributed by atoms with Gasteiger partial charge in [-0.1, -0.05) is 36.8 Å². The van der Waals surface area contributed by atoms with E-state index in [1.807, 2.05) is 0 Å². The van der Waals surface area contributed by atoms with Crippen molar-refractivity contribution >= 4 is 0 Å². The fourth-order valence-corrected chi connectivity index (χ4v) is 1.19. The molecule has 0 saturated carbocycles. The van der Waals surface area contributed by atoms with E-state index in [4.69, 9.17) is 5.11 Å². The average molecular weight is 164 g/mol. The Hall–Kier alpha value is -0.820. The molecular formula is C11H16O. The van der Waals surface area contributed by atoms with Crippen LogP contribution in [0.15, 0.2) is 24.3 Å². The van der Waals surface area contributed by atoms with Crippen molar-refractivity contribution in [2.45, 2.75) is 20.3 Å². The van der Waals surface area contributed by atoms with Crippen LogP contribution in [0.25, 0.3) is 0 Å². The molecular weight excluding hydrogens is 148 g/mol. The van der Waals surface area contributed by atoms with Gasteiger partial charge in [-0.2, -0.15) is 0 Å². The van der Waals surface area contributed by atoms with Gasteiger partial charge in [-0.3, -0.25) is 0 Å². The van der Waals surface area contributed by atoms with E-state index < -0.39 is 0 Å². The van der Waals surface area contributed by atoms with Gasteiger partial charge >= 0.3 is 0 Å². The van der Waals surface area contributed by atoms with E-state index in [0.29, 0.717) is 5.92 Å². The first-order valence-corrected chi connectivity index (χ1v) is 4.38. The predicted octanol–water partition coefficient (Wildman–Crippen LogP) is 2.17. The van der Waals surface area contributed by atoms with Gasteiger partial charge in [0.2, 0.25) is 0 Å². The second-order valence-corrected chi connectivity index (χ2v) is 3.48. The summed E-state index contributed by atoms with van der Waals surface area (Å²) in [7, 11) is 0. The molecule has 0 amide bonds. The summed E-state index contributed by atoms with van der Waals surface area (Å²) in [5.41, 5.74) is 2.59. The SMILES string of the molecule is Cc1ccc(C[C@H](C)CO)cc1. The maximum atomic E-state index is 8.85. The topological polar surface area (TPSA) is 20.2 Å². The van der Waals surface area contributed by atoms with Crippen molar-refractivity contribution in [3.63, 3.8) is 0 Å². The van der Waals surface area contributed by atoms with Crippen molar-refractivity contribution < 1.29 is 5.11 Å². The van der Waals surface area contributed by atoms with Gasteiger partial charge in [-0.25, -0.2) is 0 Å². The lowest BCUT2D eigenvalue weighted by Crippen LogP contribution is -2.04. The largest absolute Gasteiger partial charge is 0.396 e. The summed E-state index contributed by atoms with van der Waals surface area (Å²) in [6, 6.07) is 8.47. The molecule has 1 N–H and O–H groups in total. The van der Waals surface area contributed by atoms with Crippen LogP contribution in [0.1, 0.15) is 18.1 Å². The highest BCUT2D eigenvalue weighted by Crippen LogP contribution is 2.08. The van der Waals surface area contributed by atoms with Crippen LogP contribution in [-0.4, -0.2) is 11.7 Å². The smallest absolute Gasteiger partial charge is 0.0459 e. The lowest BCUT2D eigenvalue weighted by molar-refractivity contribution is 0.237. The average Bonchev–Trinajstić information content (AvgIpc) is 2.09. The molecule has 0 unspecified atom stereocenters. The fraction of sp³-hybridized carbons (Fsp3) is 0.455. The summed E-state index contributed by atoms with van der Waals surface area (Å²) in [5, 5.41) is 8.85. The zero-order chi connectivity index (χ0) is 8.97. The molecule has 12 heavy (non-hydrogen) atoms. The van der Waals surface area contributed by atoms with E-state index in [-0.39, 0.29) is 6.61 Å². The van der Waals surface area contributed by atoms with Crippen LogP contribution in [-0.2, 0) is 6.42 Å². The first-order valence-electron chi connectivity index (χ1n) is 4.38. The van der Waals surface area contributed by atoms with Crippen molar-refractivity contribution in [2.75, 3.05) is 6.61 Å². The molecule has 66 valence electrons. The van der Waals surface area contributed by atoms with Gasteiger partial charge in [0.15, 0.2) is 0 Å². The highest BCUT2D eigenvalue weighted by Gasteiger charge is 2.00. The lowest BCUT2D eigenvalue weighted by Gasteiger charge is -2.07. The summed E-state index contributed by atoms with van der Waals surface area (Å²) < 4.78 is 0. The molecule has 0 aliphatic carbocycles. The third-order valence-corrected chi connectivity index (χ3v) is 2.02. The van der Waals surface area contributed by atoms with Crippen molar-refractivity contribution in [1.82, 2.24) is 0 Å². The molecule has 0 radical (unpaired) electrons. The summed E-state index contributed by atoms with van der Waals surface area (Å²) >= 11 is 0. The monoisotopic (exact) mass is 164 g/mol. The number of aryl methyl sites for hydroxylation is 1. The summed E-state index contributed by atoms with van der Waals surface area (Å²) in [4.78, 5) is 0. The third kappa shape index (κ3) is 2.67. The molecule has 0 bridgehead atoms. The van der Waals surface area contributed by atoms with Gasteiger partial charge in [-0.15, -0.1) is 0 Å².